The van der Waals surface area contributed by atoms with E-state index in [1.54, 1.807) is 0 Å². The summed E-state index contributed by atoms with van der Waals surface area (Å²) in [5.74, 6) is -1.60. The molecular weight excluding hydrogens is 335 g/mol. The number of carbonyl (C=O) groups excluding carboxylic acids is 2. The number of nitrogens with zero attached hydrogens (tertiary/aromatic N) is 2. The molecule has 134 valence electrons. The fraction of sp³-hybridized carbons (Fsp3) is 0.250. The predicted octanol–water partition coefficient (Wildman–Crippen LogP) is 3.55. The normalized spacial score (nSPS) is 10.1. The van der Waals surface area contributed by atoms with E-state index in [0.717, 1.165) is 23.3 Å². The van der Waals surface area contributed by atoms with Gasteiger partial charge in [0.25, 0.3) is 5.91 Å². The first-order chi connectivity index (χ1) is 12.4. The third-order valence-corrected chi connectivity index (χ3v) is 3.67. The first kappa shape index (κ1) is 19.1. The topological polar surface area (TPSA) is 70.4 Å². The summed E-state index contributed by atoms with van der Waals surface area (Å²) in [7, 11) is 0. The van der Waals surface area contributed by atoms with Crippen LogP contribution in [-0.4, -0.2) is 25.0 Å². The summed E-state index contributed by atoms with van der Waals surface area (Å²) in [5, 5.41) is 8.84. The van der Waals surface area contributed by atoms with Gasteiger partial charge in [0.15, 0.2) is 6.61 Å². The van der Waals surface area contributed by atoms with Gasteiger partial charge in [0.1, 0.15) is 5.82 Å². The maximum Gasteiger partial charge on any atom is 0.338 e. The van der Waals surface area contributed by atoms with E-state index in [4.69, 9.17) is 10.00 Å². The Morgan fingerprint density at radius 1 is 1.12 bits per heavy atom. The Balaban J connectivity index is 2.10. The summed E-state index contributed by atoms with van der Waals surface area (Å²) < 4.78 is 17.9. The van der Waals surface area contributed by atoms with E-state index in [1.807, 2.05) is 38.1 Å². The molecule has 2 rings (SSSR count). The molecule has 0 fully saturated rings. The molecule has 0 aliphatic heterocycles. The highest BCUT2D eigenvalue weighted by atomic mass is 19.1. The third kappa shape index (κ3) is 5.15. The maximum atomic E-state index is 12.9. The summed E-state index contributed by atoms with van der Waals surface area (Å²) in [6.45, 7) is 3.57. The minimum atomic E-state index is -0.709. The van der Waals surface area contributed by atoms with Crippen LogP contribution in [0.2, 0.25) is 0 Å². The van der Waals surface area contributed by atoms with E-state index in [2.05, 4.69) is 0 Å². The molecule has 0 spiro atoms. The monoisotopic (exact) mass is 354 g/mol. The molecule has 0 aromatic heterocycles. The van der Waals surface area contributed by atoms with Gasteiger partial charge in [0.2, 0.25) is 0 Å². The van der Waals surface area contributed by atoms with Crippen molar-refractivity contribution in [2.75, 3.05) is 18.1 Å². The van der Waals surface area contributed by atoms with Gasteiger partial charge in [0, 0.05) is 12.2 Å². The lowest BCUT2D eigenvalue weighted by Crippen LogP contribution is -2.35. The van der Waals surface area contributed by atoms with Crippen LogP contribution in [0.1, 0.15) is 27.9 Å². The smallest absolute Gasteiger partial charge is 0.338 e. The van der Waals surface area contributed by atoms with Gasteiger partial charge in [-0.2, -0.15) is 5.26 Å². The Labute approximate surface area is 151 Å². The van der Waals surface area contributed by atoms with Gasteiger partial charge in [0.05, 0.1) is 18.1 Å². The summed E-state index contributed by atoms with van der Waals surface area (Å²) in [6.07, 6.45) is 0.157. The second kappa shape index (κ2) is 8.77. The van der Waals surface area contributed by atoms with Crippen LogP contribution >= 0.6 is 0 Å². The van der Waals surface area contributed by atoms with Crippen LogP contribution in [0, 0.1) is 31.0 Å². The minimum absolute atomic E-state index is 0.157. The number of halogens is 1. The number of ether oxygens (including phenoxy) is 1. The maximum absolute atomic E-state index is 12.9. The predicted molar refractivity (Wildman–Crippen MR) is 95.2 cm³/mol. The Kier molecular flexibility index (Phi) is 6.45. The Morgan fingerprint density at radius 3 is 2.31 bits per heavy atom. The number of aryl methyl sites for hydroxylation is 2. The van der Waals surface area contributed by atoms with Crippen molar-refractivity contribution >= 4 is 17.6 Å². The zero-order chi connectivity index (χ0) is 19.1. The summed E-state index contributed by atoms with van der Waals surface area (Å²) >= 11 is 0. The molecule has 1 amide bonds. The Morgan fingerprint density at radius 2 is 1.73 bits per heavy atom. The molecule has 6 heteroatoms. The van der Waals surface area contributed by atoms with Crippen molar-refractivity contribution in [3.63, 3.8) is 0 Å². The number of hydrogen-bond donors (Lipinski definition) is 0. The number of amides is 1. The lowest BCUT2D eigenvalue weighted by atomic mass is 10.1. The van der Waals surface area contributed by atoms with Gasteiger partial charge in [-0.25, -0.2) is 9.18 Å². The number of esters is 1. The number of anilines is 1. The lowest BCUT2D eigenvalue weighted by molar-refractivity contribution is -0.121. The first-order valence-corrected chi connectivity index (χ1v) is 8.09. The van der Waals surface area contributed by atoms with E-state index in [-0.39, 0.29) is 18.5 Å². The number of nitriles is 1. The highest BCUT2D eigenvalue weighted by Gasteiger charge is 2.18. The van der Waals surface area contributed by atoms with Crippen LogP contribution in [0.15, 0.2) is 42.5 Å². The molecule has 0 saturated heterocycles. The van der Waals surface area contributed by atoms with Crippen molar-refractivity contribution < 1.29 is 18.7 Å². The highest BCUT2D eigenvalue weighted by Crippen LogP contribution is 2.19. The average Bonchev–Trinajstić information content (AvgIpc) is 2.59. The molecular formula is C20H19FN2O3. The molecule has 0 aliphatic carbocycles. The van der Waals surface area contributed by atoms with Crippen LogP contribution < -0.4 is 4.90 Å². The van der Waals surface area contributed by atoms with Gasteiger partial charge in [-0.1, -0.05) is 6.07 Å². The molecule has 0 aliphatic rings. The van der Waals surface area contributed by atoms with Gasteiger partial charge < -0.3 is 9.64 Å². The second-order valence-electron chi connectivity index (χ2n) is 5.88. The number of rotatable bonds is 6. The molecule has 26 heavy (non-hydrogen) atoms. The van der Waals surface area contributed by atoms with Gasteiger partial charge in [-0.05, 0) is 61.4 Å². The molecule has 0 unspecified atom stereocenters. The third-order valence-electron chi connectivity index (χ3n) is 3.67. The van der Waals surface area contributed by atoms with E-state index in [9.17, 15) is 14.0 Å². The fourth-order valence-electron chi connectivity index (χ4n) is 2.54. The molecule has 5 nitrogen and oxygen atoms in total. The molecule has 0 atom stereocenters. The van der Waals surface area contributed by atoms with Crippen molar-refractivity contribution in [2.24, 2.45) is 0 Å². The van der Waals surface area contributed by atoms with Gasteiger partial charge >= 0.3 is 5.97 Å². The minimum Gasteiger partial charge on any atom is -0.452 e. The molecule has 0 heterocycles. The summed E-state index contributed by atoms with van der Waals surface area (Å²) in [4.78, 5) is 25.9. The van der Waals surface area contributed by atoms with Gasteiger partial charge in [-0.3, -0.25) is 4.79 Å². The van der Waals surface area contributed by atoms with Crippen molar-refractivity contribution in [1.29, 1.82) is 5.26 Å². The van der Waals surface area contributed by atoms with Crippen molar-refractivity contribution in [1.82, 2.24) is 0 Å². The summed E-state index contributed by atoms with van der Waals surface area (Å²) in [5.41, 5.74) is 2.78. The number of hydrogen-bond acceptors (Lipinski definition) is 4. The van der Waals surface area contributed by atoms with Crippen LogP contribution in [0.4, 0.5) is 10.1 Å². The SMILES string of the molecule is Cc1cc(C)cc(N(CCC#N)C(=O)COC(=O)c2ccc(F)cc2)c1. The van der Waals surface area contributed by atoms with Crippen LogP contribution in [0.3, 0.4) is 0 Å². The van der Waals surface area contributed by atoms with Crippen molar-refractivity contribution in [3.05, 3.63) is 65.0 Å². The van der Waals surface area contributed by atoms with E-state index in [0.29, 0.717) is 5.69 Å². The van der Waals surface area contributed by atoms with Crippen LogP contribution in [0.25, 0.3) is 0 Å². The fourth-order valence-corrected chi connectivity index (χ4v) is 2.54. The lowest BCUT2D eigenvalue weighted by Gasteiger charge is -2.22. The van der Waals surface area contributed by atoms with Crippen LogP contribution in [0.5, 0.6) is 0 Å². The Hall–Kier alpha value is -3.20. The van der Waals surface area contributed by atoms with E-state index in [1.165, 1.54) is 17.0 Å². The standard InChI is InChI=1S/C20H19FN2O3/c1-14-10-15(2)12-18(11-14)23(9-3-8-22)19(24)13-26-20(25)16-4-6-17(21)7-5-16/h4-7,10-12H,3,9,13H2,1-2H3. The van der Waals surface area contributed by atoms with Gasteiger partial charge in [-0.15, -0.1) is 0 Å². The largest absolute Gasteiger partial charge is 0.452 e. The molecule has 0 N–H and O–H groups in total. The van der Waals surface area contributed by atoms with Crippen molar-refractivity contribution in [2.45, 2.75) is 20.3 Å². The van der Waals surface area contributed by atoms with Crippen molar-refractivity contribution in [3.8, 4) is 6.07 Å². The molecule has 2 aromatic carbocycles. The quantitative estimate of drug-likeness (QED) is 0.744. The molecule has 2 aromatic rings. The molecule has 0 radical (unpaired) electrons. The number of carbonyl (C=O) groups is 2. The first-order valence-electron chi connectivity index (χ1n) is 8.09. The average molecular weight is 354 g/mol. The zero-order valence-corrected chi connectivity index (χ0v) is 14.7. The zero-order valence-electron chi connectivity index (χ0n) is 14.7. The summed E-state index contributed by atoms with van der Waals surface area (Å²) in [6, 6.07) is 12.5. The molecule has 0 bridgehead atoms. The second-order valence-corrected chi connectivity index (χ2v) is 5.88. The van der Waals surface area contributed by atoms with E-state index < -0.39 is 24.3 Å². The Bertz CT molecular complexity index is 821. The number of benzene rings is 2. The highest BCUT2D eigenvalue weighted by molar-refractivity contribution is 5.97. The molecule has 0 saturated carbocycles. The van der Waals surface area contributed by atoms with E-state index >= 15 is 0 Å². The van der Waals surface area contributed by atoms with Crippen LogP contribution in [-0.2, 0) is 9.53 Å².